The Morgan fingerprint density at radius 2 is 1.83 bits per heavy atom. The standard InChI is InChI=1S/C18H15NO3S/c1-12(20)19(13-7-9-14(22-2)10-8-13)11-17-18(21)15-5-3-4-6-16(15)23-17/h3-11H,1-2H3. The molecular weight excluding hydrogens is 310 g/mol. The number of thioether (sulfide) groups is 1. The van der Waals surface area contributed by atoms with Crippen LogP contribution in [0.2, 0.25) is 0 Å². The van der Waals surface area contributed by atoms with Gasteiger partial charge in [0.2, 0.25) is 11.7 Å². The van der Waals surface area contributed by atoms with Gasteiger partial charge in [-0.2, -0.15) is 0 Å². The van der Waals surface area contributed by atoms with E-state index in [9.17, 15) is 9.59 Å². The molecule has 0 aliphatic carbocycles. The van der Waals surface area contributed by atoms with E-state index in [1.807, 2.05) is 18.2 Å². The van der Waals surface area contributed by atoms with Crippen LogP contribution >= 0.6 is 11.8 Å². The number of ketones is 1. The van der Waals surface area contributed by atoms with Crippen LogP contribution in [-0.2, 0) is 4.79 Å². The zero-order valence-corrected chi connectivity index (χ0v) is 13.6. The second kappa shape index (κ2) is 6.30. The quantitative estimate of drug-likeness (QED) is 0.804. The average Bonchev–Trinajstić information content (AvgIpc) is 2.89. The van der Waals surface area contributed by atoms with Gasteiger partial charge in [-0.25, -0.2) is 0 Å². The van der Waals surface area contributed by atoms with Gasteiger partial charge in [-0.3, -0.25) is 14.5 Å². The maximum atomic E-state index is 12.4. The summed E-state index contributed by atoms with van der Waals surface area (Å²) in [5.41, 5.74) is 1.37. The summed E-state index contributed by atoms with van der Waals surface area (Å²) in [5, 5.41) is 0. The first-order valence-corrected chi connectivity index (χ1v) is 7.89. The van der Waals surface area contributed by atoms with Crippen LogP contribution in [0.25, 0.3) is 0 Å². The van der Waals surface area contributed by atoms with Gasteiger partial charge in [0, 0.05) is 29.3 Å². The van der Waals surface area contributed by atoms with Crippen LogP contribution in [0, 0.1) is 0 Å². The Morgan fingerprint density at radius 3 is 2.43 bits per heavy atom. The summed E-state index contributed by atoms with van der Waals surface area (Å²) in [6, 6.07) is 14.6. The Bertz CT molecular complexity index is 796. The summed E-state index contributed by atoms with van der Waals surface area (Å²) in [4.78, 5) is 27.4. The Balaban J connectivity index is 1.94. The smallest absolute Gasteiger partial charge is 0.227 e. The molecule has 0 saturated carbocycles. The number of fused-ring (bicyclic) bond motifs is 1. The zero-order chi connectivity index (χ0) is 16.4. The number of anilines is 1. The number of nitrogens with zero attached hydrogens (tertiary/aromatic N) is 1. The Kier molecular flexibility index (Phi) is 4.21. The Labute approximate surface area is 138 Å². The number of rotatable bonds is 3. The minimum Gasteiger partial charge on any atom is -0.497 e. The fourth-order valence-corrected chi connectivity index (χ4v) is 3.35. The lowest BCUT2D eigenvalue weighted by Gasteiger charge is -2.17. The number of amides is 1. The van der Waals surface area contributed by atoms with Gasteiger partial charge in [-0.1, -0.05) is 23.9 Å². The third-order valence-electron chi connectivity index (χ3n) is 3.51. The van der Waals surface area contributed by atoms with Crippen molar-refractivity contribution >= 4 is 29.1 Å². The molecule has 3 rings (SSSR count). The topological polar surface area (TPSA) is 46.6 Å². The van der Waals surface area contributed by atoms with Gasteiger partial charge in [0.05, 0.1) is 12.0 Å². The van der Waals surface area contributed by atoms with E-state index >= 15 is 0 Å². The molecule has 0 atom stereocenters. The third-order valence-corrected chi connectivity index (χ3v) is 4.60. The number of ether oxygens (including phenoxy) is 1. The normalized spacial score (nSPS) is 14.7. The molecule has 0 N–H and O–H groups in total. The number of hydrogen-bond donors (Lipinski definition) is 0. The molecule has 0 saturated heterocycles. The van der Waals surface area contributed by atoms with Crippen LogP contribution in [0.1, 0.15) is 17.3 Å². The molecule has 0 unspecified atom stereocenters. The van der Waals surface area contributed by atoms with Crippen molar-refractivity contribution in [2.45, 2.75) is 11.8 Å². The number of benzene rings is 2. The lowest BCUT2D eigenvalue weighted by Crippen LogP contribution is -2.22. The summed E-state index contributed by atoms with van der Waals surface area (Å²) < 4.78 is 5.13. The highest BCUT2D eigenvalue weighted by atomic mass is 32.2. The maximum Gasteiger partial charge on any atom is 0.227 e. The molecule has 23 heavy (non-hydrogen) atoms. The molecule has 0 fully saturated rings. The number of Topliss-reactive ketones (excluding diaryl/α,β-unsaturated/α-hetero) is 1. The van der Waals surface area contributed by atoms with Gasteiger partial charge in [-0.15, -0.1) is 0 Å². The van der Waals surface area contributed by atoms with E-state index < -0.39 is 0 Å². The number of carbonyl (C=O) groups excluding carboxylic acids is 2. The molecule has 2 aromatic carbocycles. The highest BCUT2D eigenvalue weighted by molar-refractivity contribution is 8.04. The molecule has 0 bridgehead atoms. The first-order valence-electron chi connectivity index (χ1n) is 7.07. The third kappa shape index (κ3) is 3.00. The fraction of sp³-hybridized carbons (Fsp3) is 0.111. The molecule has 5 heteroatoms. The number of allylic oxidation sites excluding steroid dienone is 1. The highest BCUT2D eigenvalue weighted by Gasteiger charge is 2.26. The molecule has 1 aliphatic heterocycles. The summed E-state index contributed by atoms with van der Waals surface area (Å²) in [6.07, 6.45) is 1.61. The van der Waals surface area contributed by atoms with E-state index in [0.717, 1.165) is 4.90 Å². The van der Waals surface area contributed by atoms with Crippen molar-refractivity contribution in [3.63, 3.8) is 0 Å². The first kappa shape index (κ1) is 15.4. The average molecular weight is 325 g/mol. The summed E-state index contributed by atoms with van der Waals surface area (Å²) in [7, 11) is 1.59. The number of carbonyl (C=O) groups is 2. The van der Waals surface area contributed by atoms with Crippen molar-refractivity contribution in [2.24, 2.45) is 0 Å². The lowest BCUT2D eigenvalue weighted by molar-refractivity contribution is -0.116. The Hall–Kier alpha value is -2.53. The molecule has 1 aliphatic rings. The summed E-state index contributed by atoms with van der Waals surface area (Å²) >= 11 is 1.39. The summed E-state index contributed by atoms with van der Waals surface area (Å²) in [6.45, 7) is 1.47. The van der Waals surface area contributed by atoms with Gasteiger partial charge in [0.25, 0.3) is 0 Å². The van der Waals surface area contributed by atoms with Crippen LogP contribution in [0.15, 0.2) is 64.5 Å². The number of hydrogen-bond acceptors (Lipinski definition) is 4. The molecule has 2 aromatic rings. The predicted molar refractivity (Wildman–Crippen MR) is 90.9 cm³/mol. The van der Waals surface area contributed by atoms with E-state index in [0.29, 0.717) is 21.9 Å². The van der Waals surface area contributed by atoms with Crippen LogP contribution < -0.4 is 9.64 Å². The highest BCUT2D eigenvalue weighted by Crippen LogP contribution is 2.40. The van der Waals surface area contributed by atoms with Crippen LogP contribution in [0.4, 0.5) is 5.69 Å². The summed E-state index contributed by atoms with van der Waals surface area (Å²) in [5.74, 6) is 0.501. The molecule has 0 spiro atoms. The maximum absolute atomic E-state index is 12.4. The van der Waals surface area contributed by atoms with Crippen molar-refractivity contribution in [1.29, 1.82) is 0 Å². The fourth-order valence-electron chi connectivity index (χ4n) is 2.33. The van der Waals surface area contributed by atoms with Gasteiger partial charge in [0.15, 0.2) is 0 Å². The molecule has 116 valence electrons. The van der Waals surface area contributed by atoms with Crippen molar-refractivity contribution in [2.75, 3.05) is 12.0 Å². The molecule has 1 heterocycles. The van der Waals surface area contributed by atoms with Gasteiger partial charge >= 0.3 is 0 Å². The van der Waals surface area contributed by atoms with Crippen LogP contribution in [0.5, 0.6) is 5.75 Å². The molecule has 4 nitrogen and oxygen atoms in total. The monoisotopic (exact) mass is 325 g/mol. The van der Waals surface area contributed by atoms with Crippen molar-refractivity contribution in [3.05, 3.63) is 65.2 Å². The van der Waals surface area contributed by atoms with Crippen LogP contribution in [-0.4, -0.2) is 18.8 Å². The molecule has 1 amide bonds. The first-order chi connectivity index (χ1) is 11.1. The van der Waals surface area contributed by atoms with E-state index in [4.69, 9.17) is 4.74 Å². The van der Waals surface area contributed by atoms with Gasteiger partial charge < -0.3 is 4.74 Å². The van der Waals surface area contributed by atoms with Gasteiger partial charge in [-0.05, 0) is 36.4 Å². The number of methoxy groups -OCH3 is 1. The Morgan fingerprint density at radius 1 is 1.13 bits per heavy atom. The predicted octanol–water partition coefficient (Wildman–Crippen LogP) is 3.88. The second-order valence-electron chi connectivity index (χ2n) is 5.01. The van der Waals surface area contributed by atoms with Crippen molar-refractivity contribution < 1.29 is 14.3 Å². The minimum absolute atomic E-state index is 0.0506. The largest absolute Gasteiger partial charge is 0.497 e. The second-order valence-corrected chi connectivity index (χ2v) is 6.09. The van der Waals surface area contributed by atoms with Crippen LogP contribution in [0.3, 0.4) is 0 Å². The molecular formula is C18H15NO3S. The molecule has 0 radical (unpaired) electrons. The lowest BCUT2D eigenvalue weighted by atomic mass is 10.1. The van der Waals surface area contributed by atoms with E-state index in [1.165, 1.54) is 23.6 Å². The van der Waals surface area contributed by atoms with Crippen molar-refractivity contribution in [1.82, 2.24) is 0 Å². The zero-order valence-electron chi connectivity index (χ0n) is 12.8. The van der Waals surface area contributed by atoms with Crippen molar-refractivity contribution in [3.8, 4) is 5.75 Å². The van der Waals surface area contributed by atoms with E-state index in [2.05, 4.69) is 0 Å². The van der Waals surface area contributed by atoms with Gasteiger partial charge in [0.1, 0.15) is 5.75 Å². The van der Waals surface area contributed by atoms with E-state index in [1.54, 1.807) is 43.6 Å². The minimum atomic E-state index is -0.160. The molecule has 0 aromatic heterocycles. The SMILES string of the molecule is COc1ccc(N(C=C2Sc3ccccc3C2=O)C(C)=O)cc1. The van der Waals surface area contributed by atoms with E-state index in [-0.39, 0.29) is 11.7 Å².